The van der Waals surface area contributed by atoms with Crippen LogP contribution in [0.1, 0.15) is 35.6 Å². The van der Waals surface area contributed by atoms with Crippen molar-refractivity contribution in [3.8, 4) is 5.75 Å². The minimum Gasteiger partial charge on any atom is -0.484 e. The number of hydrogen-bond acceptors (Lipinski definition) is 2. The molecule has 0 aliphatic heterocycles. The maximum atomic E-state index is 13.0. The third-order valence-corrected chi connectivity index (χ3v) is 4.05. The zero-order chi connectivity index (χ0) is 14.7. The Bertz CT molecular complexity index is 609. The Kier molecular flexibility index (Phi) is 4.20. The summed E-state index contributed by atoms with van der Waals surface area (Å²) in [6.45, 7) is 0.364. The highest BCUT2D eigenvalue weighted by molar-refractivity contribution is 5.37. The van der Waals surface area contributed by atoms with Crippen LogP contribution in [0.4, 0.5) is 4.39 Å². The Morgan fingerprint density at radius 1 is 1.00 bits per heavy atom. The minimum absolute atomic E-state index is 0.243. The monoisotopic (exact) mass is 285 g/mol. The van der Waals surface area contributed by atoms with E-state index in [9.17, 15) is 4.39 Å². The number of aryl methyl sites for hydroxylation is 2. The van der Waals surface area contributed by atoms with Crippen LogP contribution in [-0.2, 0) is 12.8 Å². The summed E-state index contributed by atoms with van der Waals surface area (Å²) < 4.78 is 19.0. The number of halogens is 1. The van der Waals surface area contributed by atoms with Crippen LogP contribution < -0.4 is 10.5 Å². The first-order chi connectivity index (χ1) is 10.3. The van der Waals surface area contributed by atoms with Crippen LogP contribution in [0.2, 0.25) is 0 Å². The van der Waals surface area contributed by atoms with Crippen molar-refractivity contribution in [2.75, 3.05) is 6.54 Å². The number of ether oxygens (including phenoxy) is 1. The van der Waals surface area contributed by atoms with Gasteiger partial charge in [-0.1, -0.05) is 18.2 Å². The summed E-state index contributed by atoms with van der Waals surface area (Å²) in [6, 6.07) is 12.6. The first-order valence-electron chi connectivity index (χ1n) is 7.50. The molecule has 1 aliphatic rings. The van der Waals surface area contributed by atoms with Gasteiger partial charge in [0.15, 0.2) is 0 Å². The van der Waals surface area contributed by atoms with Gasteiger partial charge in [-0.25, -0.2) is 4.39 Å². The van der Waals surface area contributed by atoms with Crippen LogP contribution in [0, 0.1) is 5.82 Å². The fourth-order valence-corrected chi connectivity index (χ4v) is 2.88. The summed E-state index contributed by atoms with van der Waals surface area (Å²) in [5.41, 5.74) is 9.52. The predicted octanol–water partition coefficient (Wildman–Crippen LogP) is 3.78. The van der Waals surface area contributed by atoms with Gasteiger partial charge in [0, 0.05) is 6.54 Å². The summed E-state index contributed by atoms with van der Waals surface area (Å²) in [5, 5.41) is 0. The molecule has 0 saturated carbocycles. The molecular formula is C18H20FNO. The number of nitrogens with two attached hydrogens (primary N) is 1. The van der Waals surface area contributed by atoms with E-state index in [4.69, 9.17) is 10.5 Å². The molecule has 1 unspecified atom stereocenters. The molecule has 2 aromatic rings. The zero-order valence-corrected chi connectivity index (χ0v) is 12.0. The lowest BCUT2D eigenvalue weighted by atomic mass is 9.92. The predicted molar refractivity (Wildman–Crippen MR) is 81.9 cm³/mol. The second-order valence-corrected chi connectivity index (χ2v) is 5.53. The summed E-state index contributed by atoms with van der Waals surface area (Å²) in [6.07, 6.45) is 4.56. The third kappa shape index (κ3) is 3.24. The molecule has 0 amide bonds. The van der Waals surface area contributed by atoms with Crippen molar-refractivity contribution in [2.24, 2.45) is 5.73 Å². The molecule has 3 heteroatoms. The second kappa shape index (κ2) is 6.27. The Balaban J connectivity index is 1.79. The molecule has 2 aromatic carbocycles. The number of fused-ring (bicyclic) bond motifs is 1. The van der Waals surface area contributed by atoms with Crippen LogP contribution in [0.25, 0.3) is 0 Å². The van der Waals surface area contributed by atoms with E-state index >= 15 is 0 Å². The number of hydrogen-bond donors (Lipinski definition) is 1. The molecule has 0 aromatic heterocycles. The molecule has 0 spiro atoms. The fraction of sp³-hybridized carbons (Fsp3) is 0.333. The van der Waals surface area contributed by atoms with E-state index in [1.165, 1.54) is 36.1 Å². The van der Waals surface area contributed by atoms with Gasteiger partial charge in [-0.05, 0) is 66.6 Å². The molecule has 0 saturated heterocycles. The maximum absolute atomic E-state index is 13.0. The van der Waals surface area contributed by atoms with Crippen molar-refractivity contribution in [1.82, 2.24) is 0 Å². The van der Waals surface area contributed by atoms with E-state index < -0.39 is 0 Å². The molecule has 0 radical (unpaired) electrons. The van der Waals surface area contributed by atoms with Gasteiger partial charge in [0.25, 0.3) is 0 Å². The lowest BCUT2D eigenvalue weighted by Gasteiger charge is -2.21. The topological polar surface area (TPSA) is 35.2 Å². The van der Waals surface area contributed by atoms with Gasteiger partial charge in [0.1, 0.15) is 17.7 Å². The van der Waals surface area contributed by atoms with Crippen molar-refractivity contribution < 1.29 is 9.13 Å². The molecule has 2 N–H and O–H groups in total. The fourth-order valence-electron chi connectivity index (χ4n) is 2.88. The smallest absolute Gasteiger partial charge is 0.136 e. The maximum Gasteiger partial charge on any atom is 0.136 e. The van der Waals surface area contributed by atoms with Crippen molar-refractivity contribution in [1.29, 1.82) is 0 Å². The highest BCUT2D eigenvalue weighted by Gasteiger charge is 2.14. The Hall–Kier alpha value is -1.87. The molecule has 0 bridgehead atoms. The normalized spacial score (nSPS) is 15.3. The lowest BCUT2D eigenvalue weighted by Crippen LogP contribution is -2.18. The van der Waals surface area contributed by atoms with E-state index in [1.54, 1.807) is 12.1 Å². The summed E-state index contributed by atoms with van der Waals surface area (Å²) in [7, 11) is 0. The number of benzene rings is 2. The molecular weight excluding hydrogens is 265 g/mol. The van der Waals surface area contributed by atoms with E-state index in [0.717, 1.165) is 24.2 Å². The van der Waals surface area contributed by atoms with E-state index in [2.05, 4.69) is 12.1 Å². The molecule has 1 aliphatic carbocycles. The summed E-state index contributed by atoms with van der Waals surface area (Å²) >= 11 is 0. The largest absolute Gasteiger partial charge is 0.484 e. The molecule has 1 atom stereocenters. The Morgan fingerprint density at radius 3 is 2.43 bits per heavy atom. The van der Waals surface area contributed by atoms with Crippen molar-refractivity contribution in [2.45, 2.75) is 31.8 Å². The van der Waals surface area contributed by atoms with Crippen LogP contribution in [0.5, 0.6) is 5.75 Å². The van der Waals surface area contributed by atoms with Gasteiger partial charge in [0.2, 0.25) is 0 Å². The van der Waals surface area contributed by atoms with Crippen LogP contribution in [0.3, 0.4) is 0 Å². The number of rotatable bonds is 4. The average Bonchev–Trinajstić information content (AvgIpc) is 2.53. The third-order valence-electron chi connectivity index (χ3n) is 4.05. The van der Waals surface area contributed by atoms with Crippen LogP contribution in [-0.4, -0.2) is 6.54 Å². The molecule has 110 valence electrons. The Labute approximate surface area is 124 Å². The quantitative estimate of drug-likeness (QED) is 0.927. The Morgan fingerprint density at radius 2 is 1.71 bits per heavy atom. The van der Waals surface area contributed by atoms with Gasteiger partial charge in [-0.15, -0.1) is 0 Å². The molecule has 0 fully saturated rings. The summed E-state index contributed by atoms with van der Waals surface area (Å²) in [5.74, 6) is 0.596. The standard InChI is InChI=1S/C18H20FNO/c19-16-8-5-14(6-9-16)18(12-20)21-17-10-7-13-3-1-2-4-15(13)11-17/h5-11,18H,1-4,12,20H2. The molecule has 3 rings (SSSR count). The first-order valence-corrected chi connectivity index (χ1v) is 7.50. The first kappa shape index (κ1) is 14.1. The van der Waals surface area contributed by atoms with E-state index in [0.29, 0.717) is 6.54 Å². The lowest BCUT2D eigenvalue weighted by molar-refractivity contribution is 0.214. The van der Waals surface area contributed by atoms with Crippen molar-refractivity contribution in [3.63, 3.8) is 0 Å². The molecule has 2 nitrogen and oxygen atoms in total. The SMILES string of the molecule is NCC(Oc1ccc2c(c1)CCCC2)c1ccc(F)cc1. The van der Waals surface area contributed by atoms with Gasteiger partial charge in [-0.3, -0.25) is 0 Å². The van der Waals surface area contributed by atoms with Crippen LogP contribution >= 0.6 is 0 Å². The van der Waals surface area contributed by atoms with Crippen molar-refractivity contribution in [3.05, 3.63) is 65.0 Å². The second-order valence-electron chi connectivity index (χ2n) is 5.53. The molecule has 21 heavy (non-hydrogen) atoms. The van der Waals surface area contributed by atoms with Gasteiger partial charge < -0.3 is 10.5 Å². The van der Waals surface area contributed by atoms with Gasteiger partial charge in [-0.2, -0.15) is 0 Å². The highest BCUT2D eigenvalue weighted by atomic mass is 19.1. The van der Waals surface area contributed by atoms with Crippen LogP contribution in [0.15, 0.2) is 42.5 Å². The summed E-state index contributed by atoms with van der Waals surface area (Å²) in [4.78, 5) is 0. The highest BCUT2D eigenvalue weighted by Crippen LogP contribution is 2.28. The average molecular weight is 285 g/mol. The molecule has 0 heterocycles. The van der Waals surface area contributed by atoms with Gasteiger partial charge in [0.05, 0.1) is 0 Å². The minimum atomic E-state index is -0.247. The van der Waals surface area contributed by atoms with E-state index in [-0.39, 0.29) is 11.9 Å². The zero-order valence-electron chi connectivity index (χ0n) is 12.0. The van der Waals surface area contributed by atoms with Gasteiger partial charge >= 0.3 is 0 Å². The van der Waals surface area contributed by atoms with Crippen molar-refractivity contribution >= 4 is 0 Å². The van der Waals surface area contributed by atoms with E-state index in [1.807, 2.05) is 6.07 Å².